The second-order valence-corrected chi connectivity index (χ2v) is 9.25. The molecule has 2 aliphatic rings. The zero-order valence-corrected chi connectivity index (χ0v) is 15.2. The van der Waals surface area contributed by atoms with Crippen molar-refractivity contribution in [2.75, 3.05) is 0 Å². The normalized spacial score (nSPS) is 44.0. The van der Waals surface area contributed by atoms with Gasteiger partial charge >= 0.3 is 0 Å². The molecule has 2 heteroatoms. The van der Waals surface area contributed by atoms with Crippen LogP contribution in [0.1, 0.15) is 73.1 Å². The summed E-state index contributed by atoms with van der Waals surface area (Å²) in [5.74, 6) is 0.886. The molecule has 2 aliphatic carbocycles. The van der Waals surface area contributed by atoms with E-state index in [4.69, 9.17) is 0 Å². The number of hydrogen-bond donors (Lipinski definition) is 2. The Morgan fingerprint density at radius 1 is 1.18 bits per heavy atom. The second-order valence-electron chi connectivity index (χ2n) is 9.25. The summed E-state index contributed by atoms with van der Waals surface area (Å²) in [6, 6.07) is 0. The molecular weight excluding hydrogens is 272 g/mol. The molecule has 0 aromatic heterocycles. The van der Waals surface area contributed by atoms with Crippen LogP contribution in [-0.2, 0) is 0 Å². The Morgan fingerprint density at radius 3 is 2.41 bits per heavy atom. The molecular formula is C20H36O2. The first-order valence-corrected chi connectivity index (χ1v) is 9.07. The molecule has 0 saturated heterocycles. The zero-order valence-electron chi connectivity index (χ0n) is 15.2. The fourth-order valence-corrected chi connectivity index (χ4v) is 5.76. The Bertz CT molecular complexity index is 412. The lowest BCUT2D eigenvalue weighted by Crippen LogP contribution is -2.58. The second kappa shape index (κ2) is 5.94. The molecule has 2 N–H and O–H groups in total. The molecule has 2 nitrogen and oxygen atoms in total. The molecule has 0 aliphatic heterocycles. The first-order valence-electron chi connectivity index (χ1n) is 9.07. The predicted octanol–water partition coefficient (Wildman–Crippen LogP) is 4.55. The summed E-state index contributed by atoms with van der Waals surface area (Å²) in [6.45, 7) is 15.0. The predicted molar refractivity (Wildman–Crippen MR) is 92.6 cm³/mol. The van der Waals surface area contributed by atoms with Gasteiger partial charge in [0.2, 0.25) is 0 Å². The van der Waals surface area contributed by atoms with Crippen molar-refractivity contribution in [1.82, 2.24) is 0 Å². The summed E-state index contributed by atoms with van der Waals surface area (Å²) in [5, 5.41) is 21.6. The van der Waals surface area contributed by atoms with Crippen molar-refractivity contribution in [1.29, 1.82) is 0 Å². The van der Waals surface area contributed by atoms with Crippen LogP contribution in [0.2, 0.25) is 0 Å². The highest BCUT2D eigenvalue weighted by atomic mass is 16.3. The Labute approximate surface area is 137 Å². The first-order chi connectivity index (χ1) is 10.0. The van der Waals surface area contributed by atoms with Crippen molar-refractivity contribution < 1.29 is 10.2 Å². The third-order valence-corrected chi connectivity index (χ3v) is 7.22. The Hall–Kier alpha value is -0.340. The molecule has 1 unspecified atom stereocenters. The number of aliphatic hydroxyl groups excluding tert-OH is 1. The maximum absolute atomic E-state index is 11.1. The minimum atomic E-state index is -0.666. The summed E-state index contributed by atoms with van der Waals surface area (Å²) in [6.07, 6.45) is 7.77. The standard InChI is InChI=1S/C20H36O2/c1-7-14(2)15(21)13-17-19(5)11-8-10-18(3,4)16(19)9-12-20(17,6)22/h7,14-17,21-22H,1,8-13H2,2-6H3/t14-,15?,16+,17-,19+,20-/m1/s1. The van der Waals surface area contributed by atoms with Gasteiger partial charge in [-0.25, -0.2) is 0 Å². The van der Waals surface area contributed by atoms with Crippen molar-refractivity contribution >= 4 is 0 Å². The van der Waals surface area contributed by atoms with Gasteiger partial charge in [-0.05, 0) is 67.6 Å². The largest absolute Gasteiger partial charge is 0.393 e. The van der Waals surface area contributed by atoms with Crippen molar-refractivity contribution in [3.05, 3.63) is 12.7 Å². The highest BCUT2D eigenvalue weighted by Gasteiger charge is 2.58. The fraction of sp³-hybridized carbons (Fsp3) is 0.900. The molecule has 22 heavy (non-hydrogen) atoms. The Balaban J connectivity index is 2.32. The van der Waals surface area contributed by atoms with Crippen molar-refractivity contribution in [3.63, 3.8) is 0 Å². The maximum atomic E-state index is 11.1. The van der Waals surface area contributed by atoms with Crippen LogP contribution >= 0.6 is 0 Å². The fourth-order valence-electron chi connectivity index (χ4n) is 5.76. The summed E-state index contributed by atoms with van der Waals surface area (Å²) < 4.78 is 0. The SMILES string of the molecule is C=C[C@@H](C)C(O)C[C@@H]1[C@@]2(C)CCCC(C)(C)[C@@H]2CC[C@@]1(C)O. The molecule has 2 rings (SSSR count). The molecule has 128 valence electrons. The molecule has 0 amide bonds. The van der Waals surface area contributed by atoms with Gasteiger partial charge in [0.1, 0.15) is 0 Å². The molecule has 0 aromatic carbocycles. The lowest BCUT2D eigenvalue weighted by Gasteiger charge is -2.61. The highest BCUT2D eigenvalue weighted by Crippen LogP contribution is 2.62. The quantitative estimate of drug-likeness (QED) is 0.748. The summed E-state index contributed by atoms with van der Waals surface area (Å²) in [5.41, 5.74) is -0.192. The average molecular weight is 309 g/mol. The van der Waals surface area contributed by atoms with Crippen LogP contribution in [0.25, 0.3) is 0 Å². The highest BCUT2D eigenvalue weighted by molar-refractivity contribution is 5.08. The Morgan fingerprint density at radius 2 is 1.82 bits per heavy atom. The van der Waals surface area contributed by atoms with Crippen molar-refractivity contribution in [2.45, 2.75) is 84.8 Å². The van der Waals surface area contributed by atoms with E-state index >= 15 is 0 Å². The number of hydrogen-bond acceptors (Lipinski definition) is 2. The van der Waals surface area contributed by atoms with E-state index in [1.54, 1.807) is 0 Å². The molecule has 2 fully saturated rings. The molecule has 0 radical (unpaired) electrons. The lowest BCUT2D eigenvalue weighted by atomic mass is 9.45. The molecule has 6 atom stereocenters. The third-order valence-electron chi connectivity index (χ3n) is 7.22. The zero-order chi connectivity index (χ0) is 16.8. The van der Waals surface area contributed by atoms with Crippen molar-refractivity contribution in [3.8, 4) is 0 Å². The molecule has 2 saturated carbocycles. The van der Waals surface area contributed by atoms with Crippen LogP contribution < -0.4 is 0 Å². The van der Waals surface area contributed by atoms with Gasteiger partial charge in [0.25, 0.3) is 0 Å². The lowest BCUT2D eigenvalue weighted by molar-refractivity contribution is -0.177. The van der Waals surface area contributed by atoms with E-state index in [-0.39, 0.29) is 17.3 Å². The van der Waals surface area contributed by atoms with E-state index in [9.17, 15) is 10.2 Å². The smallest absolute Gasteiger partial charge is 0.0654 e. The van der Waals surface area contributed by atoms with E-state index < -0.39 is 11.7 Å². The van der Waals surface area contributed by atoms with E-state index in [0.717, 1.165) is 12.8 Å². The maximum Gasteiger partial charge on any atom is 0.0654 e. The number of aliphatic hydroxyl groups is 2. The minimum absolute atomic E-state index is 0.0800. The minimum Gasteiger partial charge on any atom is -0.393 e. The van der Waals surface area contributed by atoms with E-state index in [1.165, 1.54) is 19.3 Å². The molecule has 0 spiro atoms. The van der Waals surface area contributed by atoms with E-state index in [1.807, 2.05) is 19.9 Å². The van der Waals surface area contributed by atoms with Gasteiger partial charge in [0, 0.05) is 0 Å². The number of rotatable bonds is 4. The van der Waals surface area contributed by atoms with E-state index in [2.05, 4.69) is 27.4 Å². The van der Waals surface area contributed by atoms with Crippen molar-refractivity contribution in [2.24, 2.45) is 28.6 Å². The monoisotopic (exact) mass is 308 g/mol. The van der Waals surface area contributed by atoms with Crippen LogP contribution in [0.5, 0.6) is 0 Å². The van der Waals surface area contributed by atoms with Gasteiger partial charge in [-0.3, -0.25) is 0 Å². The van der Waals surface area contributed by atoms with Gasteiger partial charge in [-0.2, -0.15) is 0 Å². The van der Waals surface area contributed by atoms with Crippen LogP contribution in [0.15, 0.2) is 12.7 Å². The van der Waals surface area contributed by atoms with Gasteiger partial charge in [-0.1, -0.05) is 40.2 Å². The molecule has 0 heterocycles. The third kappa shape index (κ3) is 3.01. The molecule has 0 aromatic rings. The van der Waals surface area contributed by atoms with Crippen LogP contribution in [0.4, 0.5) is 0 Å². The van der Waals surface area contributed by atoms with Gasteiger partial charge < -0.3 is 10.2 Å². The Kier molecular flexibility index (Phi) is 4.86. The van der Waals surface area contributed by atoms with Crippen LogP contribution in [0.3, 0.4) is 0 Å². The van der Waals surface area contributed by atoms with Gasteiger partial charge in [0.15, 0.2) is 0 Å². The topological polar surface area (TPSA) is 40.5 Å². The first kappa shape index (κ1) is 18.0. The summed E-state index contributed by atoms with van der Waals surface area (Å²) in [4.78, 5) is 0. The van der Waals surface area contributed by atoms with Gasteiger partial charge in [0.05, 0.1) is 11.7 Å². The molecule has 0 bridgehead atoms. The summed E-state index contributed by atoms with van der Waals surface area (Å²) in [7, 11) is 0. The van der Waals surface area contributed by atoms with Crippen LogP contribution in [-0.4, -0.2) is 21.9 Å². The van der Waals surface area contributed by atoms with Gasteiger partial charge in [-0.15, -0.1) is 6.58 Å². The number of fused-ring (bicyclic) bond motifs is 1. The van der Waals surface area contributed by atoms with E-state index in [0.29, 0.717) is 17.8 Å². The average Bonchev–Trinajstić information content (AvgIpc) is 2.40. The van der Waals surface area contributed by atoms with Crippen LogP contribution in [0, 0.1) is 28.6 Å². The summed E-state index contributed by atoms with van der Waals surface area (Å²) >= 11 is 0.